The zero-order valence-corrected chi connectivity index (χ0v) is 10.4. The van der Waals surface area contributed by atoms with E-state index in [0.29, 0.717) is 18.5 Å². The van der Waals surface area contributed by atoms with Gasteiger partial charge in [-0.2, -0.15) is 0 Å². The molecular formula is C12H24N2O. The number of carbonyl (C=O) groups excluding carboxylic acids is 1. The van der Waals surface area contributed by atoms with E-state index in [1.54, 1.807) is 0 Å². The molecule has 0 unspecified atom stereocenters. The van der Waals surface area contributed by atoms with Crippen LogP contribution in [0.1, 0.15) is 40.5 Å². The fourth-order valence-electron chi connectivity index (χ4n) is 1.36. The molecule has 0 amide bonds. The Labute approximate surface area is 93.6 Å². The van der Waals surface area contributed by atoms with Gasteiger partial charge in [0.2, 0.25) is 0 Å². The first-order chi connectivity index (χ1) is 7.07. The predicted octanol–water partition coefficient (Wildman–Crippen LogP) is 2.16. The summed E-state index contributed by atoms with van der Waals surface area (Å²) < 4.78 is 0. The average Bonchev–Trinajstić information content (AvgIpc) is 2.15. The average molecular weight is 212 g/mol. The number of hydrogen-bond donors (Lipinski definition) is 0. The van der Waals surface area contributed by atoms with Gasteiger partial charge in [0.05, 0.1) is 0 Å². The summed E-state index contributed by atoms with van der Waals surface area (Å²) in [4.78, 5) is 16.9. The van der Waals surface area contributed by atoms with E-state index < -0.39 is 0 Å². The van der Waals surface area contributed by atoms with E-state index in [9.17, 15) is 4.79 Å². The van der Waals surface area contributed by atoms with E-state index in [2.05, 4.69) is 37.6 Å². The molecule has 0 spiro atoms. The van der Waals surface area contributed by atoms with Gasteiger partial charge in [0.1, 0.15) is 6.29 Å². The smallest absolute Gasteiger partial charge is 0.121 e. The number of aliphatic imine (C=N–C) groups is 1. The molecule has 0 fully saturated rings. The molecule has 0 N–H and O–H groups in total. The Hall–Kier alpha value is -0.700. The summed E-state index contributed by atoms with van der Waals surface area (Å²) in [6.45, 7) is 10.3. The second kappa shape index (κ2) is 8.60. The van der Waals surface area contributed by atoms with Gasteiger partial charge in [0, 0.05) is 37.8 Å². The number of rotatable bonds is 8. The highest BCUT2D eigenvalue weighted by molar-refractivity contribution is 5.57. The Bertz CT molecular complexity index is 188. The molecule has 88 valence electrons. The monoisotopic (exact) mass is 212 g/mol. The highest BCUT2D eigenvalue weighted by Crippen LogP contribution is 2.00. The molecule has 0 atom stereocenters. The summed E-state index contributed by atoms with van der Waals surface area (Å²) >= 11 is 0. The van der Waals surface area contributed by atoms with E-state index in [-0.39, 0.29) is 0 Å². The van der Waals surface area contributed by atoms with Crippen molar-refractivity contribution in [2.24, 2.45) is 4.99 Å². The molecule has 0 rings (SSSR count). The van der Waals surface area contributed by atoms with Crippen molar-refractivity contribution in [3.8, 4) is 0 Å². The quantitative estimate of drug-likeness (QED) is 0.456. The van der Waals surface area contributed by atoms with Crippen molar-refractivity contribution >= 4 is 12.5 Å². The summed E-state index contributed by atoms with van der Waals surface area (Å²) in [7, 11) is 0. The van der Waals surface area contributed by atoms with Crippen molar-refractivity contribution in [1.82, 2.24) is 4.90 Å². The van der Waals surface area contributed by atoms with Gasteiger partial charge in [-0.15, -0.1) is 0 Å². The summed E-state index contributed by atoms with van der Waals surface area (Å²) in [5.41, 5.74) is 0. The highest BCUT2D eigenvalue weighted by atomic mass is 16.1. The molecular weight excluding hydrogens is 188 g/mol. The van der Waals surface area contributed by atoms with Crippen molar-refractivity contribution in [2.75, 3.05) is 13.1 Å². The Morgan fingerprint density at radius 1 is 1.13 bits per heavy atom. The normalized spacial score (nSPS) is 12.2. The lowest BCUT2D eigenvalue weighted by molar-refractivity contribution is -0.108. The third kappa shape index (κ3) is 8.30. The maximum absolute atomic E-state index is 10.3. The molecule has 0 aliphatic heterocycles. The molecule has 0 aromatic rings. The van der Waals surface area contributed by atoms with Crippen molar-refractivity contribution in [3.63, 3.8) is 0 Å². The first kappa shape index (κ1) is 14.3. The van der Waals surface area contributed by atoms with E-state index in [0.717, 1.165) is 25.8 Å². The van der Waals surface area contributed by atoms with Gasteiger partial charge in [0.15, 0.2) is 0 Å². The van der Waals surface area contributed by atoms with E-state index in [4.69, 9.17) is 0 Å². The van der Waals surface area contributed by atoms with Gasteiger partial charge in [-0.25, -0.2) is 0 Å². The Kier molecular flexibility index (Phi) is 8.19. The molecule has 0 aromatic carbocycles. The van der Waals surface area contributed by atoms with Crippen LogP contribution in [0.2, 0.25) is 0 Å². The minimum absolute atomic E-state index is 0.382. The molecule has 0 radical (unpaired) electrons. The van der Waals surface area contributed by atoms with Crippen molar-refractivity contribution in [3.05, 3.63) is 0 Å². The molecule has 0 aliphatic carbocycles. The number of nitrogens with zero attached hydrogens (tertiary/aromatic N) is 2. The first-order valence-electron chi connectivity index (χ1n) is 5.77. The summed E-state index contributed by atoms with van der Waals surface area (Å²) in [5.74, 6) is 0. The Morgan fingerprint density at radius 3 is 2.20 bits per heavy atom. The van der Waals surface area contributed by atoms with Crippen LogP contribution in [-0.4, -0.2) is 42.6 Å². The minimum Gasteiger partial charge on any atom is -0.303 e. The summed E-state index contributed by atoms with van der Waals surface area (Å²) in [6, 6.07) is 0.880. The van der Waals surface area contributed by atoms with Crippen LogP contribution in [0.3, 0.4) is 0 Å². The van der Waals surface area contributed by atoms with Gasteiger partial charge >= 0.3 is 0 Å². The predicted molar refractivity (Wildman–Crippen MR) is 65.6 cm³/mol. The van der Waals surface area contributed by atoms with Crippen LogP contribution in [0.4, 0.5) is 0 Å². The SMILES string of the molecule is CC(C)/N=C/CCN(CCC=O)C(C)C. The maximum Gasteiger partial charge on any atom is 0.121 e. The van der Waals surface area contributed by atoms with Crippen molar-refractivity contribution < 1.29 is 4.79 Å². The third-order valence-corrected chi connectivity index (χ3v) is 2.21. The first-order valence-corrected chi connectivity index (χ1v) is 5.77. The minimum atomic E-state index is 0.382. The Balaban J connectivity index is 3.80. The van der Waals surface area contributed by atoms with Crippen molar-refractivity contribution in [2.45, 2.75) is 52.6 Å². The molecule has 0 saturated carbocycles. The van der Waals surface area contributed by atoms with Gasteiger partial charge < -0.3 is 9.69 Å². The zero-order valence-electron chi connectivity index (χ0n) is 10.4. The molecule has 0 aromatic heterocycles. The van der Waals surface area contributed by atoms with Crippen molar-refractivity contribution in [1.29, 1.82) is 0 Å². The lowest BCUT2D eigenvalue weighted by Crippen LogP contribution is -2.33. The lowest BCUT2D eigenvalue weighted by Gasteiger charge is -2.24. The molecule has 3 heteroatoms. The summed E-state index contributed by atoms with van der Waals surface area (Å²) in [5, 5.41) is 0. The molecule has 0 bridgehead atoms. The fourth-order valence-corrected chi connectivity index (χ4v) is 1.36. The molecule has 3 nitrogen and oxygen atoms in total. The van der Waals surface area contributed by atoms with E-state index in [1.807, 2.05) is 6.21 Å². The molecule has 0 heterocycles. The highest BCUT2D eigenvalue weighted by Gasteiger charge is 2.07. The lowest BCUT2D eigenvalue weighted by atomic mass is 10.2. The zero-order chi connectivity index (χ0) is 11.7. The van der Waals surface area contributed by atoms with Gasteiger partial charge in [-0.05, 0) is 34.1 Å². The van der Waals surface area contributed by atoms with Crippen LogP contribution in [0.25, 0.3) is 0 Å². The number of aldehydes is 1. The van der Waals surface area contributed by atoms with Crippen LogP contribution in [0.15, 0.2) is 4.99 Å². The second-order valence-electron chi connectivity index (χ2n) is 4.30. The van der Waals surface area contributed by atoms with Gasteiger partial charge in [-0.1, -0.05) is 0 Å². The molecule has 0 saturated heterocycles. The van der Waals surface area contributed by atoms with E-state index in [1.165, 1.54) is 0 Å². The molecule has 15 heavy (non-hydrogen) atoms. The third-order valence-electron chi connectivity index (χ3n) is 2.21. The van der Waals surface area contributed by atoms with Crippen LogP contribution < -0.4 is 0 Å². The standard InChI is InChI=1S/C12H24N2O/c1-11(2)13-7-5-8-14(12(3)4)9-6-10-15/h7,10-12H,5-6,8-9H2,1-4H3/b13-7+. The van der Waals surface area contributed by atoms with Crippen LogP contribution in [-0.2, 0) is 4.79 Å². The van der Waals surface area contributed by atoms with Crippen LogP contribution in [0, 0.1) is 0 Å². The van der Waals surface area contributed by atoms with Gasteiger partial charge in [0.25, 0.3) is 0 Å². The number of hydrogen-bond acceptors (Lipinski definition) is 3. The van der Waals surface area contributed by atoms with Crippen LogP contribution >= 0.6 is 0 Å². The van der Waals surface area contributed by atoms with E-state index >= 15 is 0 Å². The van der Waals surface area contributed by atoms with Gasteiger partial charge in [-0.3, -0.25) is 4.99 Å². The maximum atomic E-state index is 10.3. The van der Waals surface area contributed by atoms with Crippen LogP contribution in [0.5, 0.6) is 0 Å². The molecule has 0 aliphatic rings. The fraction of sp³-hybridized carbons (Fsp3) is 0.833. The summed E-state index contributed by atoms with van der Waals surface area (Å²) in [6.07, 6.45) is 4.56. The Morgan fingerprint density at radius 2 is 1.73 bits per heavy atom. The topological polar surface area (TPSA) is 32.7 Å². The number of carbonyl (C=O) groups is 1. The second-order valence-corrected chi connectivity index (χ2v) is 4.30. The largest absolute Gasteiger partial charge is 0.303 e.